The largest absolute Gasteiger partial charge is 0.465 e. The van der Waals surface area contributed by atoms with Crippen molar-refractivity contribution in [2.24, 2.45) is 23.7 Å². The maximum atomic E-state index is 12.0. The van der Waals surface area contributed by atoms with Crippen LogP contribution in [0.4, 0.5) is 0 Å². The zero-order chi connectivity index (χ0) is 15.8. The number of carbonyl (C=O) groups is 1. The minimum Gasteiger partial charge on any atom is -0.465 e. The normalized spacial score (nSPS) is 32.6. The first-order valence-corrected chi connectivity index (χ1v) is 9.91. The highest BCUT2D eigenvalue weighted by Crippen LogP contribution is 2.42. The number of ether oxygens (including phenoxy) is 1. The van der Waals surface area contributed by atoms with Gasteiger partial charge >= 0.3 is 5.97 Å². The third-order valence-electron chi connectivity index (χ3n) is 6.08. The summed E-state index contributed by atoms with van der Waals surface area (Å²) >= 11 is 0. The van der Waals surface area contributed by atoms with E-state index in [-0.39, 0.29) is 11.9 Å². The number of carbonyl (C=O) groups excluding carboxylic acids is 1. The van der Waals surface area contributed by atoms with Crippen molar-refractivity contribution >= 4 is 5.97 Å². The molecule has 0 unspecified atom stereocenters. The highest BCUT2D eigenvalue weighted by Gasteiger charge is 2.33. The predicted octanol–water partition coefficient (Wildman–Crippen LogP) is 5.74. The van der Waals surface area contributed by atoms with Crippen LogP contribution in [0.5, 0.6) is 0 Å². The maximum absolute atomic E-state index is 12.0. The lowest BCUT2D eigenvalue weighted by Gasteiger charge is -2.37. The minimum absolute atomic E-state index is 0.0728. The van der Waals surface area contributed by atoms with E-state index in [1.54, 1.807) is 0 Å². The van der Waals surface area contributed by atoms with Gasteiger partial charge in [-0.05, 0) is 62.7 Å². The molecule has 128 valence electrons. The molecule has 0 heterocycles. The lowest BCUT2D eigenvalue weighted by molar-refractivity contribution is -0.150. The fourth-order valence-electron chi connectivity index (χ4n) is 4.59. The van der Waals surface area contributed by atoms with Crippen molar-refractivity contribution in [3.8, 4) is 0 Å². The van der Waals surface area contributed by atoms with E-state index in [2.05, 4.69) is 13.8 Å². The summed E-state index contributed by atoms with van der Waals surface area (Å²) in [4.78, 5) is 12.0. The first-order chi connectivity index (χ1) is 10.7. The molecule has 22 heavy (non-hydrogen) atoms. The molecule has 0 aromatic heterocycles. The molecule has 2 saturated carbocycles. The van der Waals surface area contributed by atoms with Crippen molar-refractivity contribution in [3.63, 3.8) is 0 Å². The van der Waals surface area contributed by atoms with E-state index in [9.17, 15) is 4.79 Å². The Morgan fingerprint density at radius 2 is 1.45 bits per heavy atom. The molecular formula is C20H36O2. The van der Waals surface area contributed by atoms with Crippen LogP contribution in [0, 0.1) is 23.7 Å². The third kappa shape index (κ3) is 5.28. The second-order valence-electron chi connectivity index (χ2n) is 7.70. The highest BCUT2D eigenvalue weighted by atomic mass is 16.5. The Kier molecular flexibility index (Phi) is 7.75. The summed E-state index contributed by atoms with van der Waals surface area (Å²) < 4.78 is 5.32. The summed E-state index contributed by atoms with van der Waals surface area (Å²) in [6, 6.07) is 0. The molecule has 0 radical (unpaired) electrons. The van der Waals surface area contributed by atoms with Crippen LogP contribution in [0.15, 0.2) is 0 Å². The van der Waals surface area contributed by atoms with Crippen LogP contribution in [-0.2, 0) is 9.53 Å². The van der Waals surface area contributed by atoms with Crippen LogP contribution in [0.25, 0.3) is 0 Å². The molecule has 2 heteroatoms. The molecule has 0 aromatic carbocycles. The Bertz CT molecular complexity index is 310. The van der Waals surface area contributed by atoms with Crippen LogP contribution < -0.4 is 0 Å². The second-order valence-corrected chi connectivity index (χ2v) is 7.70. The standard InChI is InChI=1S/C20H36O2/c1-3-5-6-16-7-9-17(10-8-16)18-11-13-19(14-12-18)20(21)22-15-4-2/h16-19H,3-15H2,1-2H3/t16-,17-,18-,19-. The van der Waals surface area contributed by atoms with Crippen molar-refractivity contribution in [2.45, 2.75) is 90.9 Å². The predicted molar refractivity (Wildman–Crippen MR) is 91.7 cm³/mol. The van der Waals surface area contributed by atoms with Crippen molar-refractivity contribution in [1.29, 1.82) is 0 Å². The van der Waals surface area contributed by atoms with Crippen molar-refractivity contribution in [1.82, 2.24) is 0 Å². The molecular weight excluding hydrogens is 272 g/mol. The lowest BCUT2D eigenvalue weighted by atomic mass is 9.68. The van der Waals surface area contributed by atoms with Crippen molar-refractivity contribution in [3.05, 3.63) is 0 Å². The molecule has 0 spiro atoms. The van der Waals surface area contributed by atoms with Gasteiger partial charge in [0.05, 0.1) is 12.5 Å². The number of unbranched alkanes of at least 4 members (excludes halogenated alkanes) is 1. The smallest absolute Gasteiger partial charge is 0.308 e. The molecule has 0 saturated heterocycles. The van der Waals surface area contributed by atoms with E-state index in [1.165, 1.54) is 57.8 Å². The summed E-state index contributed by atoms with van der Waals surface area (Å²) in [5, 5.41) is 0. The quantitative estimate of drug-likeness (QED) is 0.560. The Morgan fingerprint density at radius 3 is 2.00 bits per heavy atom. The third-order valence-corrected chi connectivity index (χ3v) is 6.08. The molecule has 2 aliphatic carbocycles. The van der Waals surface area contributed by atoms with E-state index in [4.69, 9.17) is 4.74 Å². The highest BCUT2D eigenvalue weighted by molar-refractivity contribution is 5.72. The Labute approximate surface area is 137 Å². The van der Waals surface area contributed by atoms with Gasteiger partial charge in [-0.3, -0.25) is 4.79 Å². The van der Waals surface area contributed by atoms with Gasteiger partial charge in [-0.2, -0.15) is 0 Å². The van der Waals surface area contributed by atoms with Gasteiger partial charge in [0, 0.05) is 0 Å². The van der Waals surface area contributed by atoms with Gasteiger partial charge in [0.25, 0.3) is 0 Å². The molecule has 2 rings (SSSR count). The first kappa shape index (κ1) is 17.8. The average molecular weight is 309 g/mol. The SMILES string of the molecule is CCCC[C@H]1CC[C@H]([C@H]2CC[C@H](C(=O)OCCC)CC2)CC1. The number of hydrogen-bond donors (Lipinski definition) is 0. The van der Waals surface area contributed by atoms with Crippen molar-refractivity contribution < 1.29 is 9.53 Å². The topological polar surface area (TPSA) is 26.3 Å². The van der Waals surface area contributed by atoms with Gasteiger partial charge in [0.2, 0.25) is 0 Å². The zero-order valence-electron chi connectivity index (χ0n) is 14.8. The maximum Gasteiger partial charge on any atom is 0.308 e. The summed E-state index contributed by atoms with van der Waals surface area (Å²) in [5.41, 5.74) is 0. The van der Waals surface area contributed by atoms with E-state index in [0.717, 1.165) is 37.0 Å². The van der Waals surface area contributed by atoms with E-state index in [1.807, 2.05) is 0 Å². The van der Waals surface area contributed by atoms with Gasteiger partial charge in [-0.1, -0.05) is 46.0 Å². The summed E-state index contributed by atoms with van der Waals surface area (Å²) in [5.74, 6) is 3.12. The zero-order valence-corrected chi connectivity index (χ0v) is 14.8. The van der Waals surface area contributed by atoms with Crippen LogP contribution in [0.2, 0.25) is 0 Å². The number of hydrogen-bond acceptors (Lipinski definition) is 2. The first-order valence-electron chi connectivity index (χ1n) is 9.91. The molecule has 0 aromatic rings. The van der Waals surface area contributed by atoms with E-state index in [0.29, 0.717) is 6.61 Å². The Morgan fingerprint density at radius 1 is 0.864 bits per heavy atom. The van der Waals surface area contributed by atoms with E-state index < -0.39 is 0 Å². The molecule has 0 N–H and O–H groups in total. The van der Waals surface area contributed by atoms with Crippen LogP contribution in [0.3, 0.4) is 0 Å². The lowest BCUT2D eigenvalue weighted by Crippen LogP contribution is -2.29. The number of rotatable bonds is 7. The minimum atomic E-state index is 0.0728. The van der Waals surface area contributed by atoms with Gasteiger partial charge in [0.1, 0.15) is 0 Å². The molecule has 0 aliphatic heterocycles. The van der Waals surface area contributed by atoms with Gasteiger partial charge in [0.15, 0.2) is 0 Å². The molecule has 2 fully saturated rings. The van der Waals surface area contributed by atoms with Crippen LogP contribution >= 0.6 is 0 Å². The van der Waals surface area contributed by atoms with Gasteiger partial charge in [-0.15, -0.1) is 0 Å². The number of esters is 1. The fourth-order valence-corrected chi connectivity index (χ4v) is 4.59. The summed E-state index contributed by atoms with van der Waals surface area (Å²) in [6.07, 6.45) is 15.6. The second kappa shape index (κ2) is 9.57. The molecule has 0 bridgehead atoms. The monoisotopic (exact) mass is 308 g/mol. The van der Waals surface area contributed by atoms with E-state index >= 15 is 0 Å². The average Bonchev–Trinajstić information content (AvgIpc) is 2.58. The van der Waals surface area contributed by atoms with Gasteiger partial charge in [-0.25, -0.2) is 0 Å². The Hall–Kier alpha value is -0.530. The molecule has 0 amide bonds. The van der Waals surface area contributed by atoms with Crippen LogP contribution in [-0.4, -0.2) is 12.6 Å². The Balaban J connectivity index is 1.66. The van der Waals surface area contributed by atoms with Crippen molar-refractivity contribution in [2.75, 3.05) is 6.61 Å². The summed E-state index contributed by atoms with van der Waals surface area (Å²) in [7, 11) is 0. The summed E-state index contributed by atoms with van der Waals surface area (Å²) in [6.45, 7) is 4.96. The molecule has 0 atom stereocenters. The van der Waals surface area contributed by atoms with Gasteiger partial charge < -0.3 is 4.74 Å². The molecule has 2 nitrogen and oxygen atoms in total. The van der Waals surface area contributed by atoms with Crippen LogP contribution in [0.1, 0.15) is 90.9 Å². The molecule has 2 aliphatic rings. The fraction of sp³-hybridized carbons (Fsp3) is 0.950.